The third kappa shape index (κ3) is 4.90. The molecule has 0 bridgehead atoms. The van der Waals surface area contributed by atoms with Gasteiger partial charge in [-0.15, -0.1) is 0 Å². The second-order valence-corrected chi connectivity index (χ2v) is 5.65. The molecule has 0 aliphatic heterocycles. The summed E-state index contributed by atoms with van der Waals surface area (Å²) in [6.07, 6.45) is 0. The van der Waals surface area contributed by atoms with E-state index in [4.69, 9.17) is 0 Å². The van der Waals surface area contributed by atoms with Crippen LogP contribution in [0.15, 0.2) is 54.6 Å². The van der Waals surface area contributed by atoms with Crippen molar-refractivity contribution in [2.75, 3.05) is 37.9 Å². The average Bonchev–Trinajstić information content (AvgIpc) is 2.48. The van der Waals surface area contributed by atoms with Crippen molar-refractivity contribution in [1.29, 1.82) is 0 Å². The number of nitrogens with zero attached hydrogens (tertiary/aromatic N) is 2. The van der Waals surface area contributed by atoms with Gasteiger partial charge in [0.1, 0.15) is 0 Å². The van der Waals surface area contributed by atoms with E-state index in [0.717, 1.165) is 17.9 Å². The second kappa shape index (κ2) is 7.61. The number of amides is 1. The van der Waals surface area contributed by atoms with Crippen LogP contribution >= 0.6 is 0 Å². The number of carbonyl (C=O) groups excluding carboxylic acids is 1. The molecule has 2 rings (SSSR count). The van der Waals surface area contributed by atoms with Gasteiger partial charge in [0.15, 0.2) is 0 Å². The maximum Gasteiger partial charge on any atom is 0.238 e. The zero-order chi connectivity index (χ0) is 15.9. The Balaban J connectivity index is 1.84. The first kappa shape index (κ1) is 16.0. The van der Waals surface area contributed by atoms with Crippen LogP contribution in [0.3, 0.4) is 0 Å². The van der Waals surface area contributed by atoms with Gasteiger partial charge in [0.05, 0.1) is 6.54 Å². The third-order valence-corrected chi connectivity index (χ3v) is 3.38. The Labute approximate surface area is 132 Å². The van der Waals surface area contributed by atoms with Gasteiger partial charge in [-0.25, -0.2) is 0 Å². The normalized spacial score (nSPS) is 10.5. The van der Waals surface area contributed by atoms with Gasteiger partial charge in [-0.1, -0.05) is 30.3 Å². The van der Waals surface area contributed by atoms with E-state index in [1.54, 1.807) is 0 Å². The maximum atomic E-state index is 12.1. The predicted molar refractivity (Wildman–Crippen MR) is 92.2 cm³/mol. The average molecular weight is 297 g/mol. The molecule has 0 unspecified atom stereocenters. The highest BCUT2D eigenvalue weighted by Gasteiger charge is 2.07. The zero-order valence-corrected chi connectivity index (χ0v) is 13.4. The minimum Gasteiger partial charge on any atom is -0.378 e. The summed E-state index contributed by atoms with van der Waals surface area (Å²) in [5.74, 6) is -0.00367. The lowest BCUT2D eigenvalue weighted by Gasteiger charge is -2.17. The number of likely N-dealkylation sites (N-methyl/N-ethyl adjacent to an activating group) is 1. The molecule has 0 aliphatic rings. The summed E-state index contributed by atoms with van der Waals surface area (Å²) in [5.41, 5.74) is 3.14. The van der Waals surface area contributed by atoms with E-state index < -0.39 is 0 Å². The van der Waals surface area contributed by atoms with Crippen LogP contribution in [0.25, 0.3) is 0 Å². The highest BCUT2D eigenvalue weighted by Crippen LogP contribution is 2.15. The van der Waals surface area contributed by atoms with Crippen LogP contribution in [0, 0.1) is 0 Å². The fourth-order valence-corrected chi connectivity index (χ4v) is 2.24. The molecule has 0 atom stereocenters. The number of hydrogen-bond donors (Lipinski definition) is 1. The van der Waals surface area contributed by atoms with E-state index in [2.05, 4.69) is 17.4 Å². The molecule has 2 aromatic carbocycles. The van der Waals surface area contributed by atoms with Gasteiger partial charge in [-0.05, 0) is 36.9 Å². The quantitative estimate of drug-likeness (QED) is 0.890. The van der Waals surface area contributed by atoms with Crippen molar-refractivity contribution in [2.45, 2.75) is 6.54 Å². The van der Waals surface area contributed by atoms with Crippen molar-refractivity contribution >= 4 is 17.3 Å². The monoisotopic (exact) mass is 297 g/mol. The summed E-state index contributed by atoms with van der Waals surface area (Å²) in [6.45, 7) is 1.12. The number of hydrogen-bond acceptors (Lipinski definition) is 3. The van der Waals surface area contributed by atoms with Crippen LogP contribution < -0.4 is 10.2 Å². The van der Waals surface area contributed by atoms with Gasteiger partial charge in [-0.3, -0.25) is 9.69 Å². The number of carbonyl (C=O) groups is 1. The first-order valence-electron chi connectivity index (χ1n) is 7.34. The molecule has 0 saturated heterocycles. The van der Waals surface area contributed by atoms with Crippen LogP contribution in [-0.4, -0.2) is 38.5 Å². The third-order valence-electron chi connectivity index (χ3n) is 3.38. The standard InChI is InChI=1S/C18H23N3O/c1-20(2)17-11-9-16(10-12-17)19-18(22)14-21(3)13-15-7-5-4-6-8-15/h4-12H,13-14H2,1-3H3,(H,19,22). The van der Waals surface area contributed by atoms with Gasteiger partial charge >= 0.3 is 0 Å². The molecule has 0 heterocycles. The van der Waals surface area contributed by atoms with Crippen molar-refractivity contribution in [2.24, 2.45) is 0 Å². The minimum atomic E-state index is -0.00367. The molecule has 0 saturated carbocycles. The van der Waals surface area contributed by atoms with Crippen LogP contribution in [0.5, 0.6) is 0 Å². The highest BCUT2D eigenvalue weighted by atomic mass is 16.2. The molecule has 2 aromatic rings. The Bertz CT molecular complexity index is 593. The summed E-state index contributed by atoms with van der Waals surface area (Å²) < 4.78 is 0. The summed E-state index contributed by atoms with van der Waals surface area (Å²) >= 11 is 0. The van der Waals surface area contributed by atoms with Crippen LogP contribution in [0.1, 0.15) is 5.56 Å². The highest BCUT2D eigenvalue weighted by molar-refractivity contribution is 5.92. The van der Waals surface area contributed by atoms with Crippen LogP contribution in [0.4, 0.5) is 11.4 Å². The van der Waals surface area contributed by atoms with Crippen LogP contribution in [-0.2, 0) is 11.3 Å². The van der Waals surface area contributed by atoms with Gasteiger partial charge in [0.2, 0.25) is 5.91 Å². The Morgan fingerprint density at radius 2 is 1.59 bits per heavy atom. The number of benzene rings is 2. The first-order valence-corrected chi connectivity index (χ1v) is 7.34. The van der Waals surface area contributed by atoms with E-state index in [1.807, 2.05) is 73.4 Å². The molecular weight excluding hydrogens is 274 g/mol. The summed E-state index contributed by atoms with van der Waals surface area (Å²) in [4.78, 5) is 16.1. The molecule has 0 radical (unpaired) electrons. The fourth-order valence-electron chi connectivity index (χ4n) is 2.24. The Hall–Kier alpha value is -2.33. The van der Waals surface area contributed by atoms with Crippen LogP contribution in [0.2, 0.25) is 0 Å². The van der Waals surface area contributed by atoms with E-state index in [-0.39, 0.29) is 5.91 Å². The molecular formula is C18H23N3O. The van der Waals surface area contributed by atoms with Gasteiger partial charge < -0.3 is 10.2 Å². The summed E-state index contributed by atoms with van der Waals surface area (Å²) in [6, 6.07) is 18.0. The molecule has 4 nitrogen and oxygen atoms in total. The maximum absolute atomic E-state index is 12.1. The Morgan fingerprint density at radius 1 is 0.955 bits per heavy atom. The summed E-state index contributed by atoms with van der Waals surface area (Å²) in [5, 5.41) is 2.93. The zero-order valence-electron chi connectivity index (χ0n) is 13.4. The van der Waals surface area contributed by atoms with Crippen molar-refractivity contribution in [1.82, 2.24) is 4.90 Å². The molecule has 1 amide bonds. The molecule has 0 fully saturated rings. The first-order chi connectivity index (χ1) is 10.5. The second-order valence-electron chi connectivity index (χ2n) is 5.65. The lowest BCUT2D eigenvalue weighted by Crippen LogP contribution is -2.29. The number of nitrogens with one attached hydrogen (secondary N) is 1. The van der Waals surface area contributed by atoms with E-state index in [9.17, 15) is 4.79 Å². The lowest BCUT2D eigenvalue weighted by atomic mass is 10.2. The largest absolute Gasteiger partial charge is 0.378 e. The molecule has 22 heavy (non-hydrogen) atoms. The van der Waals surface area contributed by atoms with Crippen molar-refractivity contribution in [3.05, 3.63) is 60.2 Å². The molecule has 4 heteroatoms. The fraction of sp³-hybridized carbons (Fsp3) is 0.278. The van der Waals surface area contributed by atoms with Crippen molar-refractivity contribution in [3.8, 4) is 0 Å². The van der Waals surface area contributed by atoms with E-state index >= 15 is 0 Å². The topological polar surface area (TPSA) is 35.6 Å². The molecule has 116 valence electrons. The number of rotatable bonds is 6. The lowest BCUT2D eigenvalue weighted by molar-refractivity contribution is -0.117. The predicted octanol–water partition coefficient (Wildman–Crippen LogP) is 2.82. The summed E-state index contributed by atoms with van der Waals surface area (Å²) in [7, 11) is 5.93. The molecule has 0 aliphatic carbocycles. The van der Waals surface area contributed by atoms with Gasteiger partial charge in [-0.2, -0.15) is 0 Å². The van der Waals surface area contributed by atoms with Gasteiger partial charge in [0.25, 0.3) is 0 Å². The van der Waals surface area contributed by atoms with E-state index in [0.29, 0.717) is 6.54 Å². The number of anilines is 2. The molecule has 1 N–H and O–H groups in total. The van der Waals surface area contributed by atoms with Crippen molar-refractivity contribution < 1.29 is 4.79 Å². The Kier molecular flexibility index (Phi) is 5.55. The SMILES string of the molecule is CN(CC(=O)Nc1ccc(N(C)C)cc1)Cc1ccccc1. The molecule has 0 spiro atoms. The van der Waals surface area contributed by atoms with Gasteiger partial charge in [0, 0.05) is 32.0 Å². The van der Waals surface area contributed by atoms with E-state index in [1.165, 1.54) is 5.56 Å². The Morgan fingerprint density at radius 3 is 2.18 bits per heavy atom. The minimum absolute atomic E-state index is 0.00367. The molecule has 0 aromatic heterocycles. The van der Waals surface area contributed by atoms with Crippen molar-refractivity contribution in [3.63, 3.8) is 0 Å². The smallest absolute Gasteiger partial charge is 0.238 e.